The number of nitrogens with two attached hydrogens (primary N) is 1. The van der Waals surface area contributed by atoms with E-state index in [1.165, 1.54) is 19.2 Å². The van der Waals surface area contributed by atoms with Gasteiger partial charge in [-0.05, 0) is 56.2 Å². The standard InChI is InChI=1S/C25H23F3N6O4S/c1-13-10-14(2)21(15(3)11-13)38-24-16(23(35)33-39(36,37)20-7-5-6-19(29)31-20)8-9-18(30-24)17-12-34(4)32-22(17)25(26,27)28/h5-12H,1-4H3,(H2,29,31)(H,33,35). The summed E-state index contributed by atoms with van der Waals surface area (Å²) in [5, 5.41) is 2.99. The van der Waals surface area contributed by atoms with E-state index in [4.69, 9.17) is 10.5 Å². The van der Waals surface area contributed by atoms with Crippen molar-refractivity contribution in [1.29, 1.82) is 0 Å². The number of nitrogen functional groups attached to an aromatic ring is 1. The molecule has 4 rings (SSSR count). The minimum atomic E-state index is -4.78. The van der Waals surface area contributed by atoms with Crippen molar-refractivity contribution in [3.63, 3.8) is 0 Å². The van der Waals surface area contributed by atoms with Gasteiger partial charge in [-0.2, -0.15) is 26.7 Å². The van der Waals surface area contributed by atoms with Crippen molar-refractivity contribution in [3.05, 3.63) is 76.6 Å². The highest BCUT2D eigenvalue weighted by Crippen LogP contribution is 2.37. The van der Waals surface area contributed by atoms with Crippen LogP contribution in [0.4, 0.5) is 19.0 Å². The van der Waals surface area contributed by atoms with Gasteiger partial charge >= 0.3 is 6.18 Å². The topological polar surface area (TPSA) is 142 Å². The summed E-state index contributed by atoms with van der Waals surface area (Å²) in [6.45, 7) is 5.37. The normalized spacial score (nSPS) is 11.9. The van der Waals surface area contributed by atoms with Crippen LogP contribution in [0.2, 0.25) is 0 Å². The molecule has 0 bridgehead atoms. The molecule has 3 aromatic heterocycles. The minimum absolute atomic E-state index is 0.0809. The molecule has 204 valence electrons. The Labute approximate surface area is 221 Å². The number of halogens is 3. The summed E-state index contributed by atoms with van der Waals surface area (Å²) in [7, 11) is -3.14. The number of amides is 1. The third-order valence-corrected chi connectivity index (χ3v) is 6.76. The van der Waals surface area contributed by atoms with E-state index in [1.807, 2.05) is 23.8 Å². The first-order valence-electron chi connectivity index (χ1n) is 11.3. The molecular weight excluding hydrogens is 537 g/mol. The maximum absolute atomic E-state index is 13.6. The second kappa shape index (κ2) is 10.0. The van der Waals surface area contributed by atoms with Crippen LogP contribution in [-0.4, -0.2) is 34.1 Å². The van der Waals surface area contributed by atoms with E-state index in [1.54, 1.807) is 13.8 Å². The van der Waals surface area contributed by atoms with E-state index in [-0.39, 0.29) is 22.6 Å². The van der Waals surface area contributed by atoms with Crippen molar-refractivity contribution in [2.75, 3.05) is 5.73 Å². The zero-order chi connectivity index (χ0) is 28.7. The van der Waals surface area contributed by atoms with Crippen LogP contribution in [0.1, 0.15) is 32.7 Å². The number of hydrogen-bond donors (Lipinski definition) is 2. The van der Waals surface area contributed by atoms with Crippen LogP contribution in [0.25, 0.3) is 11.3 Å². The third-order valence-electron chi connectivity index (χ3n) is 5.53. The number of rotatable bonds is 6. The average Bonchev–Trinajstić information content (AvgIpc) is 3.23. The number of alkyl halides is 3. The van der Waals surface area contributed by atoms with E-state index in [9.17, 15) is 26.4 Å². The highest BCUT2D eigenvalue weighted by atomic mass is 32.2. The second-order valence-electron chi connectivity index (χ2n) is 8.78. The van der Waals surface area contributed by atoms with Crippen molar-refractivity contribution in [2.24, 2.45) is 7.05 Å². The van der Waals surface area contributed by atoms with Gasteiger partial charge in [0.15, 0.2) is 10.7 Å². The smallest absolute Gasteiger partial charge is 0.435 e. The molecule has 0 aliphatic rings. The van der Waals surface area contributed by atoms with Crippen LogP contribution < -0.4 is 15.2 Å². The van der Waals surface area contributed by atoms with Crippen molar-refractivity contribution in [2.45, 2.75) is 32.0 Å². The van der Waals surface area contributed by atoms with Gasteiger partial charge in [0, 0.05) is 13.2 Å². The summed E-state index contributed by atoms with van der Waals surface area (Å²) < 4.78 is 75.3. The predicted molar refractivity (Wildman–Crippen MR) is 135 cm³/mol. The highest BCUT2D eigenvalue weighted by Gasteiger charge is 2.38. The van der Waals surface area contributed by atoms with E-state index in [0.29, 0.717) is 16.9 Å². The number of aryl methyl sites for hydroxylation is 4. The molecule has 0 atom stereocenters. The molecule has 0 saturated heterocycles. The van der Waals surface area contributed by atoms with Gasteiger partial charge in [-0.1, -0.05) is 23.8 Å². The van der Waals surface area contributed by atoms with Gasteiger partial charge in [0.2, 0.25) is 5.88 Å². The minimum Gasteiger partial charge on any atom is -0.438 e. The summed E-state index contributed by atoms with van der Waals surface area (Å²) in [6.07, 6.45) is -3.65. The fraction of sp³-hybridized carbons (Fsp3) is 0.200. The van der Waals surface area contributed by atoms with Crippen LogP contribution in [0, 0.1) is 20.8 Å². The van der Waals surface area contributed by atoms with Gasteiger partial charge < -0.3 is 10.5 Å². The number of benzene rings is 1. The number of hydrogen-bond acceptors (Lipinski definition) is 8. The van der Waals surface area contributed by atoms with Crippen LogP contribution in [-0.2, 0) is 23.2 Å². The van der Waals surface area contributed by atoms with E-state index < -0.39 is 38.7 Å². The molecule has 4 aromatic rings. The molecule has 0 aliphatic heterocycles. The molecule has 0 radical (unpaired) electrons. The first-order valence-corrected chi connectivity index (χ1v) is 12.8. The first kappa shape index (κ1) is 27.6. The van der Waals surface area contributed by atoms with Crippen LogP contribution >= 0.6 is 0 Å². The molecule has 0 fully saturated rings. The average molecular weight is 561 g/mol. The Morgan fingerprint density at radius 3 is 2.33 bits per heavy atom. The number of nitrogens with one attached hydrogen (secondary N) is 1. The molecule has 0 saturated carbocycles. The third kappa shape index (κ3) is 5.85. The molecule has 1 aromatic carbocycles. The molecule has 14 heteroatoms. The first-order chi connectivity index (χ1) is 18.2. The Morgan fingerprint density at radius 1 is 1.05 bits per heavy atom. The summed E-state index contributed by atoms with van der Waals surface area (Å²) in [5.74, 6) is -1.32. The monoisotopic (exact) mass is 560 g/mol. The highest BCUT2D eigenvalue weighted by molar-refractivity contribution is 7.90. The Balaban J connectivity index is 1.83. The lowest BCUT2D eigenvalue weighted by Gasteiger charge is -2.16. The fourth-order valence-electron chi connectivity index (χ4n) is 3.96. The lowest BCUT2D eigenvalue weighted by Crippen LogP contribution is -2.31. The Hall–Kier alpha value is -4.46. The van der Waals surface area contributed by atoms with Gasteiger partial charge in [-0.3, -0.25) is 9.48 Å². The molecule has 0 aliphatic carbocycles. The maximum Gasteiger partial charge on any atom is 0.435 e. The number of carbonyl (C=O) groups excluding carboxylic acids is 1. The lowest BCUT2D eigenvalue weighted by molar-refractivity contribution is -0.141. The summed E-state index contributed by atoms with van der Waals surface area (Å²) in [4.78, 5) is 21.1. The van der Waals surface area contributed by atoms with E-state index in [2.05, 4.69) is 15.1 Å². The molecule has 3 N–H and O–H groups in total. The number of anilines is 1. The summed E-state index contributed by atoms with van der Waals surface area (Å²) >= 11 is 0. The predicted octanol–water partition coefficient (Wildman–Crippen LogP) is 4.31. The van der Waals surface area contributed by atoms with Crippen molar-refractivity contribution in [3.8, 4) is 22.9 Å². The van der Waals surface area contributed by atoms with Gasteiger partial charge in [0.25, 0.3) is 15.9 Å². The Morgan fingerprint density at radius 2 is 1.72 bits per heavy atom. The Bertz CT molecular complexity index is 1680. The van der Waals surface area contributed by atoms with Crippen molar-refractivity contribution in [1.82, 2.24) is 24.5 Å². The largest absolute Gasteiger partial charge is 0.438 e. The molecule has 0 spiro atoms. The van der Waals surface area contributed by atoms with Crippen LogP contribution in [0.15, 0.2) is 53.7 Å². The number of carbonyl (C=O) groups is 1. The lowest BCUT2D eigenvalue weighted by atomic mass is 10.1. The fourth-order valence-corrected chi connectivity index (χ4v) is 4.90. The zero-order valence-electron chi connectivity index (χ0n) is 21.2. The summed E-state index contributed by atoms with van der Waals surface area (Å²) in [6, 6.07) is 9.76. The van der Waals surface area contributed by atoms with E-state index in [0.717, 1.165) is 34.6 Å². The quantitative estimate of drug-likeness (QED) is 0.355. The summed E-state index contributed by atoms with van der Waals surface area (Å²) in [5.41, 5.74) is 5.76. The number of sulfonamides is 1. The van der Waals surface area contributed by atoms with Gasteiger partial charge in [-0.25, -0.2) is 14.7 Å². The molecule has 3 heterocycles. The maximum atomic E-state index is 13.6. The van der Waals surface area contributed by atoms with E-state index >= 15 is 0 Å². The second-order valence-corrected chi connectivity index (χ2v) is 10.4. The number of pyridine rings is 2. The number of ether oxygens (including phenoxy) is 1. The molecule has 1 amide bonds. The van der Waals surface area contributed by atoms with Gasteiger partial charge in [-0.15, -0.1) is 0 Å². The van der Waals surface area contributed by atoms with Crippen LogP contribution in [0.3, 0.4) is 0 Å². The molecule has 0 unspecified atom stereocenters. The van der Waals surface area contributed by atoms with Crippen LogP contribution in [0.5, 0.6) is 11.6 Å². The molecular formula is C25H23F3N6O4S. The molecule has 10 nitrogen and oxygen atoms in total. The Kier molecular flexibility index (Phi) is 7.08. The van der Waals surface area contributed by atoms with Crippen molar-refractivity contribution >= 4 is 21.7 Å². The zero-order valence-corrected chi connectivity index (χ0v) is 22.0. The molecule has 39 heavy (non-hydrogen) atoms. The SMILES string of the molecule is Cc1cc(C)c(Oc2nc(-c3cn(C)nc3C(F)(F)F)ccc2C(=O)NS(=O)(=O)c2cccc(N)n2)c(C)c1. The van der Waals surface area contributed by atoms with Crippen molar-refractivity contribution < 1.29 is 31.1 Å². The van der Waals surface area contributed by atoms with Gasteiger partial charge in [0.1, 0.15) is 17.1 Å². The number of aromatic nitrogens is 4. The number of nitrogens with zero attached hydrogens (tertiary/aromatic N) is 4. The van der Waals surface area contributed by atoms with Gasteiger partial charge in [0.05, 0.1) is 11.3 Å².